The number of likely N-dealkylation sites (N-methyl/N-ethyl adjacent to an activating group) is 1. The van der Waals surface area contributed by atoms with Crippen molar-refractivity contribution in [2.24, 2.45) is 0 Å². The van der Waals surface area contributed by atoms with Crippen LogP contribution in [-0.4, -0.2) is 46.8 Å². The fraction of sp³-hybridized carbons (Fsp3) is 0.400. The van der Waals surface area contributed by atoms with Gasteiger partial charge in [-0.3, -0.25) is 9.59 Å². The number of nitrogens with zero attached hydrogens (tertiary/aromatic N) is 2. The summed E-state index contributed by atoms with van der Waals surface area (Å²) in [6, 6.07) is 7.15. The maximum absolute atomic E-state index is 12.4. The summed E-state index contributed by atoms with van der Waals surface area (Å²) in [5.74, 6) is -1.65. The average molecular weight is 421 g/mol. The van der Waals surface area contributed by atoms with E-state index in [0.717, 1.165) is 11.1 Å². The normalized spacial score (nSPS) is 11.6. The minimum absolute atomic E-state index is 0.114. The molecule has 0 aliphatic carbocycles. The molecule has 2 N–H and O–H groups in total. The molecular weight excluding hydrogens is 396 g/mol. The number of aryl methyl sites for hydroxylation is 2. The molecule has 0 spiro atoms. The molecular formula is C20H25ClN4O4. The lowest BCUT2D eigenvalue weighted by Gasteiger charge is -2.13. The van der Waals surface area contributed by atoms with E-state index in [1.54, 1.807) is 20.8 Å². The van der Waals surface area contributed by atoms with Crippen molar-refractivity contribution in [2.45, 2.75) is 40.3 Å². The average Bonchev–Trinajstić information content (AvgIpc) is 2.95. The molecule has 2 rings (SSSR count). The van der Waals surface area contributed by atoms with Crippen molar-refractivity contribution in [3.8, 4) is 0 Å². The first-order valence-corrected chi connectivity index (χ1v) is 9.63. The summed E-state index contributed by atoms with van der Waals surface area (Å²) in [5, 5.41) is 9.49. The highest BCUT2D eigenvalue weighted by Gasteiger charge is 2.23. The topological polar surface area (TPSA) is 102 Å². The summed E-state index contributed by atoms with van der Waals surface area (Å²) in [6.45, 7) is 7.29. The zero-order chi connectivity index (χ0) is 21.6. The van der Waals surface area contributed by atoms with Crippen LogP contribution in [0.3, 0.4) is 0 Å². The first-order valence-electron chi connectivity index (χ1n) is 9.25. The number of aromatic nitrogens is 2. The van der Waals surface area contributed by atoms with Crippen LogP contribution in [0.2, 0.25) is 5.15 Å². The van der Waals surface area contributed by atoms with E-state index in [2.05, 4.69) is 15.7 Å². The van der Waals surface area contributed by atoms with Gasteiger partial charge in [-0.1, -0.05) is 41.4 Å². The number of carbonyl (C=O) groups excluding carboxylic acids is 3. The summed E-state index contributed by atoms with van der Waals surface area (Å²) in [6.07, 6.45) is 0. The van der Waals surface area contributed by atoms with Crippen molar-refractivity contribution in [3.63, 3.8) is 0 Å². The third-order valence-electron chi connectivity index (χ3n) is 4.18. The molecule has 9 heteroatoms. The fourth-order valence-electron chi connectivity index (χ4n) is 2.64. The second kappa shape index (κ2) is 10.1. The Hall–Kier alpha value is -2.87. The van der Waals surface area contributed by atoms with Crippen molar-refractivity contribution in [1.29, 1.82) is 0 Å². The number of ether oxygens (including phenoxy) is 1. The Morgan fingerprint density at radius 1 is 1.21 bits per heavy atom. The molecule has 1 aromatic heterocycles. The Bertz CT molecular complexity index is 893. The molecule has 0 bridgehead atoms. The summed E-state index contributed by atoms with van der Waals surface area (Å²) >= 11 is 6.33. The van der Waals surface area contributed by atoms with Gasteiger partial charge < -0.3 is 15.4 Å². The highest BCUT2D eigenvalue weighted by atomic mass is 35.5. The lowest BCUT2D eigenvalue weighted by atomic mass is 10.1. The van der Waals surface area contributed by atoms with E-state index < -0.39 is 24.5 Å². The third-order valence-corrected chi connectivity index (χ3v) is 4.56. The number of amides is 2. The smallest absolute Gasteiger partial charge is 0.343 e. The predicted molar refractivity (Wildman–Crippen MR) is 109 cm³/mol. The lowest BCUT2D eigenvalue weighted by molar-refractivity contribution is -0.130. The number of hydrogen-bond donors (Lipinski definition) is 2. The minimum atomic E-state index is -0.747. The number of carbonyl (C=O) groups is 3. The second-order valence-corrected chi connectivity index (χ2v) is 7.01. The summed E-state index contributed by atoms with van der Waals surface area (Å²) in [4.78, 5) is 36.0. The van der Waals surface area contributed by atoms with Gasteiger partial charge in [-0.25, -0.2) is 9.48 Å². The van der Waals surface area contributed by atoms with Gasteiger partial charge >= 0.3 is 5.97 Å². The number of hydrogen-bond acceptors (Lipinski definition) is 5. The standard InChI is InChI=1S/C20H25ClN4O4/c1-5-22-19(27)14(4)23-16(26)11-29-20(28)17-13(3)24-25(18(17)21)10-15-8-6-12(2)7-9-15/h6-9,14H,5,10-11H2,1-4H3,(H,22,27)(H,23,26)/t14-/m1/s1. The van der Waals surface area contributed by atoms with Crippen LogP contribution in [0.25, 0.3) is 0 Å². The molecule has 0 fully saturated rings. The van der Waals surface area contributed by atoms with E-state index >= 15 is 0 Å². The van der Waals surface area contributed by atoms with Gasteiger partial charge in [0.2, 0.25) is 5.91 Å². The monoisotopic (exact) mass is 420 g/mol. The number of rotatable bonds is 8. The van der Waals surface area contributed by atoms with Gasteiger partial charge in [0.15, 0.2) is 6.61 Å². The van der Waals surface area contributed by atoms with Gasteiger partial charge in [0, 0.05) is 6.54 Å². The fourth-order valence-corrected chi connectivity index (χ4v) is 2.95. The number of nitrogens with one attached hydrogen (secondary N) is 2. The SMILES string of the molecule is CCNC(=O)[C@@H](C)NC(=O)COC(=O)c1c(C)nn(Cc2ccc(C)cc2)c1Cl. The molecule has 1 aromatic carbocycles. The second-order valence-electron chi connectivity index (χ2n) is 6.65. The van der Waals surface area contributed by atoms with Crippen LogP contribution in [0.15, 0.2) is 24.3 Å². The van der Waals surface area contributed by atoms with Crippen LogP contribution in [0, 0.1) is 13.8 Å². The van der Waals surface area contributed by atoms with Crippen LogP contribution in [0.1, 0.15) is 41.0 Å². The van der Waals surface area contributed by atoms with Crippen LogP contribution in [0.4, 0.5) is 0 Å². The number of esters is 1. The highest BCUT2D eigenvalue weighted by Crippen LogP contribution is 2.22. The maximum Gasteiger partial charge on any atom is 0.343 e. The molecule has 29 heavy (non-hydrogen) atoms. The summed E-state index contributed by atoms with van der Waals surface area (Å²) in [7, 11) is 0. The molecule has 0 aliphatic heterocycles. The molecule has 2 amide bonds. The van der Waals surface area contributed by atoms with Gasteiger partial charge in [-0.2, -0.15) is 5.10 Å². The Balaban J connectivity index is 1.98. The van der Waals surface area contributed by atoms with E-state index in [9.17, 15) is 14.4 Å². The highest BCUT2D eigenvalue weighted by molar-refractivity contribution is 6.32. The molecule has 8 nitrogen and oxygen atoms in total. The molecule has 0 aliphatic rings. The van der Waals surface area contributed by atoms with Gasteiger partial charge in [0.25, 0.3) is 5.91 Å². The number of benzene rings is 1. The molecule has 2 aromatic rings. The van der Waals surface area contributed by atoms with Crippen LogP contribution < -0.4 is 10.6 Å². The van der Waals surface area contributed by atoms with Gasteiger partial charge in [-0.15, -0.1) is 0 Å². The minimum Gasteiger partial charge on any atom is -0.452 e. The van der Waals surface area contributed by atoms with Gasteiger partial charge in [-0.05, 0) is 33.3 Å². The predicted octanol–water partition coefficient (Wildman–Crippen LogP) is 2.00. The van der Waals surface area contributed by atoms with Gasteiger partial charge in [0.05, 0.1) is 12.2 Å². The van der Waals surface area contributed by atoms with E-state index in [4.69, 9.17) is 16.3 Å². The Morgan fingerprint density at radius 3 is 2.48 bits per heavy atom. The van der Waals surface area contributed by atoms with E-state index in [1.807, 2.05) is 31.2 Å². The number of halogens is 1. The molecule has 0 saturated carbocycles. The zero-order valence-electron chi connectivity index (χ0n) is 16.9. The molecule has 156 valence electrons. The van der Waals surface area contributed by atoms with Crippen molar-refractivity contribution in [3.05, 3.63) is 51.8 Å². The molecule has 0 unspecified atom stereocenters. The van der Waals surface area contributed by atoms with Crippen molar-refractivity contribution >= 4 is 29.4 Å². The van der Waals surface area contributed by atoms with Crippen molar-refractivity contribution < 1.29 is 19.1 Å². The Labute approximate surface area is 174 Å². The Kier molecular flexibility index (Phi) is 7.78. The molecule has 1 atom stereocenters. The van der Waals surface area contributed by atoms with E-state index in [-0.39, 0.29) is 16.6 Å². The van der Waals surface area contributed by atoms with Crippen molar-refractivity contribution in [2.75, 3.05) is 13.2 Å². The van der Waals surface area contributed by atoms with Crippen LogP contribution >= 0.6 is 11.6 Å². The molecule has 0 radical (unpaired) electrons. The molecule has 1 heterocycles. The zero-order valence-corrected chi connectivity index (χ0v) is 17.7. The van der Waals surface area contributed by atoms with E-state index in [1.165, 1.54) is 4.68 Å². The first kappa shape index (κ1) is 22.4. The molecule has 0 saturated heterocycles. The quantitative estimate of drug-likeness (QED) is 0.636. The van der Waals surface area contributed by atoms with Crippen molar-refractivity contribution in [1.82, 2.24) is 20.4 Å². The maximum atomic E-state index is 12.4. The van der Waals surface area contributed by atoms with Crippen LogP contribution in [-0.2, 0) is 20.9 Å². The summed E-state index contributed by atoms with van der Waals surface area (Å²) in [5.41, 5.74) is 2.64. The Morgan fingerprint density at radius 2 is 1.86 bits per heavy atom. The first-order chi connectivity index (χ1) is 13.7. The van der Waals surface area contributed by atoms with E-state index in [0.29, 0.717) is 18.8 Å². The van der Waals surface area contributed by atoms with Gasteiger partial charge in [0.1, 0.15) is 16.8 Å². The third kappa shape index (κ3) is 6.05. The lowest BCUT2D eigenvalue weighted by Crippen LogP contribution is -2.46. The summed E-state index contributed by atoms with van der Waals surface area (Å²) < 4.78 is 6.56. The van der Waals surface area contributed by atoms with Crippen LogP contribution in [0.5, 0.6) is 0 Å². The largest absolute Gasteiger partial charge is 0.452 e.